The average Bonchev–Trinajstić information content (AvgIpc) is 3.02. The SMILES string of the molecule is COc1cc(Cn2ncc3ccc(C(=O)O)cc32)cc(OC)c1OC. The summed E-state index contributed by atoms with van der Waals surface area (Å²) in [5.74, 6) is 0.661. The second-order valence-corrected chi connectivity index (χ2v) is 5.41. The molecule has 0 aliphatic heterocycles. The summed E-state index contributed by atoms with van der Waals surface area (Å²) >= 11 is 0. The highest BCUT2D eigenvalue weighted by Gasteiger charge is 2.14. The predicted molar refractivity (Wildman–Crippen MR) is 91.9 cm³/mol. The molecule has 25 heavy (non-hydrogen) atoms. The van der Waals surface area contributed by atoms with E-state index in [0.29, 0.717) is 23.8 Å². The summed E-state index contributed by atoms with van der Waals surface area (Å²) in [5.41, 5.74) is 1.85. The maximum atomic E-state index is 11.2. The molecule has 0 unspecified atom stereocenters. The van der Waals surface area contributed by atoms with Crippen molar-refractivity contribution < 1.29 is 24.1 Å². The Hall–Kier alpha value is -3.22. The first kappa shape index (κ1) is 16.6. The second-order valence-electron chi connectivity index (χ2n) is 5.41. The van der Waals surface area contributed by atoms with E-state index in [9.17, 15) is 9.90 Å². The normalized spacial score (nSPS) is 10.7. The van der Waals surface area contributed by atoms with Gasteiger partial charge >= 0.3 is 5.97 Å². The molecule has 0 bridgehead atoms. The van der Waals surface area contributed by atoms with E-state index >= 15 is 0 Å². The number of aromatic nitrogens is 2. The number of methoxy groups -OCH3 is 3. The molecule has 0 fully saturated rings. The van der Waals surface area contributed by atoms with Gasteiger partial charge in [0.25, 0.3) is 0 Å². The lowest BCUT2D eigenvalue weighted by Crippen LogP contribution is -2.04. The Labute approximate surface area is 144 Å². The van der Waals surface area contributed by atoms with Crippen LogP contribution in [0.25, 0.3) is 10.9 Å². The number of ether oxygens (including phenoxy) is 3. The van der Waals surface area contributed by atoms with Crippen LogP contribution in [0.1, 0.15) is 15.9 Å². The van der Waals surface area contributed by atoms with E-state index in [1.807, 2.05) is 12.1 Å². The van der Waals surface area contributed by atoms with E-state index in [1.54, 1.807) is 50.4 Å². The molecule has 3 aromatic rings. The third-order valence-corrected chi connectivity index (χ3v) is 3.95. The molecule has 0 saturated heterocycles. The Morgan fingerprint density at radius 3 is 2.32 bits per heavy atom. The topological polar surface area (TPSA) is 82.8 Å². The first-order valence-corrected chi connectivity index (χ1v) is 7.55. The third kappa shape index (κ3) is 3.08. The highest BCUT2D eigenvalue weighted by molar-refractivity contribution is 5.93. The van der Waals surface area contributed by atoms with Crippen LogP contribution in [-0.4, -0.2) is 42.2 Å². The fourth-order valence-corrected chi connectivity index (χ4v) is 2.73. The van der Waals surface area contributed by atoms with Gasteiger partial charge < -0.3 is 19.3 Å². The lowest BCUT2D eigenvalue weighted by atomic mass is 10.1. The fraction of sp³-hybridized carbons (Fsp3) is 0.222. The number of hydrogen-bond acceptors (Lipinski definition) is 5. The van der Waals surface area contributed by atoms with E-state index in [0.717, 1.165) is 16.5 Å². The maximum Gasteiger partial charge on any atom is 0.335 e. The van der Waals surface area contributed by atoms with E-state index in [1.165, 1.54) is 0 Å². The first-order chi connectivity index (χ1) is 12.1. The van der Waals surface area contributed by atoms with Crippen LogP contribution in [0.3, 0.4) is 0 Å². The summed E-state index contributed by atoms with van der Waals surface area (Å²) in [6.07, 6.45) is 1.71. The Balaban J connectivity index is 2.04. The number of carboxylic acids is 1. The molecule has 1 heterocycles. The molecule has 0 radical (unpaired) electrons. The van der Waals surface area contributed by atoms with Crippen LogP contribution in [0.15, 0.2) is 36.5 Å². The van der Waals surface area contributed by atoms with Crippen molar-refractivity contribution in [3.8, 4) is 17.2 Å². The van der Waals surface area contributed by atoms with E-state index in [-0.39, 0.29) is 5.56 Å². The minimum Gasteiger partial charge on any atom is -0.493 e. The Morgan fingerprint density at radius 2 is 1.76 bits per heavy atom. The third-order valence-electron chi connectivity index (χ3n) is 3.95. The molecule has 0 saturated carbocycles. The molecule has 130 valence electrons. The van der Waals surface area contributed by atoms with Gasteiger partial charge in [0.15, 0.2) is 11.5 Å². The molecule has 0 aliphatic rings. The van der Waals surface area contributed by atoms with Crippen LogP contribution in [0.5, 0.6) is 17.2 Å². The lowest BCUT2D eigenvalue weighted by molar-refractivity contribution is 0.0697. The quantitative estimate of drug-likeness (QED) is 0.742. The Bertz CT molecular complexity index is 907. The van der Waals surface area contributed by atoms with E-state index in [4.69, 9.17) is 14.2 Å². The van der Waals surface area contributed by atoms with Crippen molar-refractivity contribution in [1.29, 1.82) is 0 Å². The highest BCUT2D eigenvalue weighted by Crippen LogP contribution is 2.38. The molecular weight excluding hydrogens is 324 g/mol. The van der Waals surface area contributed by atoms with Crippen molar-refractivity contribution in [2.24, 2.45) is 0 Å². The standard InChI is InChI=1S/C18H18N2O5/c1-23-15-6-11(7-16(24-2)17(15)25-3)10-20-14-8-12(18(21)22)4-5-13(14)9-19-20/h4-9H,10H2,1-3H3,(H,21,22). The second kappa shape index (κ2) is 6.72. The van der Waals surface area contributed by atoms with Gasteiger partial charge in [0.2, 0.25) is 5.75 Å². The number of carboxylic acid groups (broad SMARTS) is 1. The summed E-state index contributed by atoms with van der Waals surface area (Å²) < 4.78 is 17.8. The predicted octanol–water partition coefficient (Wildman–Crippen LogP) is 2.81. The molecule has 3 rings (SSSR count). The van der Waals surface area contributed by atoms with Gasteiger partial charge in [0.1, 0.15) is 0 Å². The summed E-state index contributed by atoms with van der Waals surface area (Å²) in [6, 6.07) is 8.61. The fourth-order valence-electron chi connectivity index (χ4n) is 2.73. The summed E-state index contributed by atoms with van der Waals surface area (Å²) in [7, 11) is 4.67. The van der Waals surface area contributed by atoms with Crippen molar-refractivity contribution in [3.63, 3.8) is 0 Å². The molecule has 0 atom stereocenters. The first-order valence-electron chi connectivity index (χ1n) is 7.55. The van der Waals surface area contributed by atoms with Crippen molar-refractivity contribution in [1.82, 2.24) is 9.78 Å². The van der Waals surface area contributed by atoms with Gasteiger partial charge in [-0.2, -0.15) is 5.10 Å². The number of fused-ring (bicyclic) bond motifs is 1. The van der Waals surface area contributed by atoms with Crippen LogP contribution in [-0.2, 0) is 6.54 Å². The lowest BCUT2D eigenvalue weighted by Gasteiger charge is -2.14. The van der Waals surface area contributed by atoms with E-state index < -0.39 is 5.97 Å². The molecular formula is C18H18N2O5. The van der Waals surface area contributed by atoms with Crippen molar-refractivity contribution in [2.75, 3.05) is 21.3 Å². The zero-order valence-corrected chi connectivity index (χ0v) is 14.1. The molecule has 7 heteroatoms. The molecule has 1 aromatic heterocycles. The van der Waals surface area contributed by atoms with Crippen LogP contribution in [0.4, 0.5) is 0 Å². The minimum absolute atomic E-state index is 0.221. The summed E-state index contributed by atoms with van der Waals surface area (Å²) in [6.45, 7) is 0.434. The molecule has 1 N–H and O–H groups in total. The number of rotatable bonds is 6. The van der Waals surface area contributed by atoms with Gasteiger partial charge in [-0.1, -0.05) is 6.07 Å². The molecule has 0 aliphatic carbocycles. The van der Waals surface area contributed by atoms with Crippen molar-refractivity contribution in [2.45, 2.75) is 6.54 Å². The Morgan fingerprint density at radius 1 is 1.08 bits per heavy atom. The number of benzene rings is 2. The van der Waals surface area contributed by atoms with Gasteiger partial charge in [-0.05, 0) is 29.8 Å². The average molecular weight is 342 g/mol. The summed E-state index contributed by atoms with van der Waals surface area (Å²) in [5, 5.41) is 14.4. The number of nitrogens with zero attached hydrogens (tertiary/aromatic N) is 2. The number of carbonyl (C=O) groups is 1. The van der Waals surface area contributed by atoms with Crippen LogP contribution < -0.4 is 14.2 Å². The van der Waals surface area contributed by atoms with Gasteiger partial charge in [-0.25, -0.2) is 4.79 Å². The van der Waals surface area contributed by atoms with Gasteiger partial charge in [-0.15, -0.1) is 0 Å². The number of hydrogen-bond donors (Lipinski definition) is 1. The van der Waals surface area contributed by atoms with Crippen molar-refractivity contribution in [3.05, 3.63) is 47.7 Å². The van der Waals surface area contributed by atoms with E-state index in [2.05, 4.69) is 5.10 Å². The van der Waals surface area contributed by atoms with Crippen LogP contribution in [0.2, 0.25) is 0 Å². The molecule has 0 amide bonds. The van der Waals surface area contributed by atoms with Gasteiger partial charge in [0, 0.05) is 5.39 Å². The van der Waals surface area contributed by atoms with Gasteiger partial charge in [0.05, 0.1) is 45.2 Å². The minimum atomic E-state index is -0.970. The zero-order valence-electron chi connectivity index (χ0n) is 14.1. The molecule has 2 aromatic carbocycles. The maximum absolute atomic E-state index is 11.2. The van der Waals surface area contributed by atoms with Gasteiger partial charge in [-0.3, -0.25) is 4.68 Å². The summed E-state index contributed by atoms with van der Waals surface area (Å²) in [4.78, 5) is 11.2. The number of aromatic carboxylic acids is 1. The Kier molecular flexibility index (Phi) is 4.47. The largest absolute Gasteiger partial charge is 0.493 e. The monoisotopic (exact) mass is 342 g/mol. The smallest absolute Gasteiger partial charge is 0.335 e. The molecule has 0 spiro atoms. The van der Waals surface area contributed by atoms with Crippen LogP contribution in [0, 0.1) is 0 Å². The zero-order chi connectivity index (χ0) is 18.0. The van der Waals surface area contributed by atoms with Crippen LogP contribution >= 0.6 is 0 Å². The molecule has 7 nitrogen and oxygen atoms in total. The van der Waals surface area contributed by atoms with Crippen molar-refractivity contribution >= 4 is 16.9 Å². The highest BCUT2D eigenvalue weighted by atomic mass is 16.5.